The molecule has 0 aliphatic heterocycles. The predicted molar refractivity (Wildman–Crippen MR) is 85.7 cm³/mol. The van der Waals surface area contributed by atoms with Crippen molar-refractivity contribution in [3.05, 3.63) is 70.3 Å². The highest BCUT2D eigenvalue weighted by Crippen LogP contribution is 2.14. The summed E-state index contributed by atoms with van der Waals surface area (Å²) in [5.74, 6) is 0. The van der Waals surface area contributed by atoms with Gasteiger partial charge < -0.3 is 5.32 Å². The highest BCUT2D eigenvalue weighted by atomic mass is 32.1. The zero-order valence-corrected chi connectivity index (χ0v) is 11.9. The molecule has 0 spiro atoms. The minimum absolute atomic E-state index is 0.0466. The van der Waals surface area contributed by atoms with Crippen molar-refractivity contribution >= 4 is 28.7 Å². The fourth-order valence-electron chi connectivity index (χ4n) is 1.62. The van der Waals surface area contributed by atoms with E-state index in [0.29, 0.717) is 17.3 Å². The van der Waals surface area contributed by atoms with Crippen LogP contribution in [0.2, 0.25) is 0 Å². The molecular formula is C14H14N4O2S. The first-order valence-corrected chi connectivity index (χ1v) is 6.64. The van der Waals surface area contributed by atoms with E-state index in [9.17, 15) is 10.1 Å². The molecule has 0 aromatic heterocycles. The summed E-state index contributed by atoms with van der Waals surface area (Å²) in [7, 11) is 0. The molecule has 0 heterocycles. The minimum Gasteiger partial charge on any atom is -0.357 e. The van der Waals surface area contributed by atoms with Gasteiger partial charge in [0, 0.05) is 18.7 Å². The van der Waals surface area contributed by atoms with Crippen LogP contribution in [0.4, 0.5) is 11.4 Å². The number of nitro groups is 1. The molecule has 0 bridgehead atoms. The van der Waals surface area contributed by atoms with Crippen molar-refractivity contribution in [3.8, 4) is 0 Å². The second-order valence-corrected chi connectivity index (χ2v) is 4.63. The monoisotopic (exact) mass is 302 g/mol. The molecule has 3 N–H and O–H groups in total. The number of hydrazine groups is 1. The molecule has 7 heteroatoms. The molecule has 0 unspecified atom stereocenters. The van der Waals surface area contributed by atoms with E-state index in [1.807, 2.05) is 30.3 Å². The van der Waals surface area contributed by atoms with Crippen LogP contribution in [0.3, 0.4) is 0 Å². The number of benzene rings is 2. The van der Waals surface area contributed by atoms with Crippen molar-refractivity contribution in [1.82, 2.24) is 10.7 Å². The fraction of sp³-hybridized carbons (Fsp3) is 0.0714. The highest BCUT2D eigenvalue weighted by Gasteiger charge is 2.03. The Morgan fingerprint density at radius 3 is 2.38 bits per heavy atom. The SMILES string of the molecule is O=[N+]([O-])c1ccc(NNC(=S)NCc2ccccc2)cc1. The quantitative estimate of drug-likeness (QED) is 0.447. The predicted octanol–water partition coefficient (Wildman–Crippen LogP) is 2.59. The van der Waals surface area contributed by atoms with Gasteiger partial charge in [0.15, 0.2) is 5.11 Å². The number of hydrogen-bond donors (Lipinski definition) is 3. The van der Waals surface area contributed by atoms with Gasteiger partial charge in [-0.2, -0.15) is 0 Å². The maximum absolute atomic E-state index is 10.5. The van der Waals surface area contributed by atoms with Crippen molar-refractivity contribution in [2.45, 2.75) is 6.54 Å². The first kappa shape index (κ1) is 14.7. The van der Waals surface area contributed by atoms with Crippen molar-refractivity contribution < 1.29 is 4.92 Å². The highest BCUT2D eigenvalue weighted by molar-refractivity contribution is 7.80. The second kappa shape index (κ2) is 7.20. The zero-order chi connectivity index (χ0) is 15.1. The van der Waals surface area contributed by atoms with Gasteiger partial charge in [0.05, 0.1) is 10.6 Å². The van der Waals surface area contributed by atoms with Gasteiger partial charge in [0.25, 0.3) is 5.69 Å². The molecule has 6 nitrogen and oxygen atoms in total. The van der Waals surface area contributed by atoms with Crippen LogP contribution in [0.5, 0.6) is 0 Å². The number of nitrogens with one attached hydrogen (secondary N) is 3. The Hall–Kier alpha value is -2.67. The summed E-state index contributed by atoms with van der Waals surface area (Å²) in [6.07, 6.45) is 0. The topological polar surface area (TPSA) is 79.2 Å². The number of hydrogen-bond acceptors (Lipinski definition) is 4. The van der Waals surface area contributed by atoms with E-state index in [4.69, 9.17) is 12.2 Å². The Labute approximate surface area is 127 Å². The zero-order valence-electron chi connectivity index (χ0n) is 11.1. The van der Waals surface area contributed by atoms with Gasteiger partial charge in [-0.15, -0.1) is 0 Å². The van der Waals surface area contributed by atoms with Gasteiger partial charge in [0.2, 0.25) is 0 Å². The Morgan fingerprint density at radius 1 is 1.10 bits per heavy atom. The maximum Gasteiger partial charge on any atom is 0.269 e. The van der Waals surface area contributed by atoms with Gasteiger partial charge in [-0.25, -0.2) is 0 Å². The lowest BCUT2D eigenvalue weighted by molar-refractivity contribution is -0.384. The lowest BCUT2D eigenvalue weighted by atomic mass is 10.2. The molecule has 0 saturated heterocycles. The average Bonchev–Trinajstić information content (AvgIpc) is 2.52. The lowest BCUT2D eigenvalue weighted by Gasteiger charge is -2.12. The van der Waals surface area contributed by atoms with E-state index in [1.165, 1.54) is 12.1 Å². The fourth-order valence-corrected chi connectivity index (χ4v) is 1.74. The Morgan fingerprint density at radius 2 is 1.76 bits per heavy atom. The van der Waals surface area contributed by atoms with Crippen LogP contribution in [-0.2, 0) is 6.54 Å². The molecule has 0 aliphatic rings. The third-order valence-corrected chi connectivity index (χ3v) is 2.94. The smallest absolute Gasteiger partial charge is 0.269 e. The van der Waals surface area contributed by atoms with Gasteiger partial charge >= 0.3 is 0 Å². The van der Waals surface area contributed by atoms with Crippen LogP contribution in [0.1, 0.15) is 5.56 Å². The standard InChI is InChI=1S/C14H14N4O2S/c19-18(20)13-8-6-12(7-9-13)16-17-14(21)15-10-11-4-2-1-3-5-11/h1-9,16H,10H2,(H2,15,17,21). The lowest BCUT2D eigenvalue weighted by Crippen LogP contribution is -2.38. The number of rotatable bonds is 5. The maximum atomic E-state index is 10.5. The minimum atomic E-state index is -0.441. The van der Waals surface area contributed by atoms with Crippen molar-refractivity contribution in [2.75, 3.05) is 5.43 Å². The average molecular weight is 302 g/mol. The van der Waals surface area contributed by atoms with Gasteiger partial charge in [-0.1, -0.05) is 30.3 Å². The van der Waals surface area contributed by atoms with Crippen LogP contribution in [0.25, 0.3) is 0 Å². The van der Waals surface area contributed by atoms with E-state index < -0.39 is 4.92 Å². The number of nitrogens with zero attached hydrogens (tertiary/aromatic N) is 1. The first-order valence-electron chi connectivity index (χ1n) is 6.23. The normalized spacial score (nSPS) is 9.71. The van der Waals surface area contributed by atoms with Crippen molar-refractivity contribution in [1.29, 1.82) is 0 Å². The summed E-state index contributed by atoms with van der Waals surface area (Å²) in [6.45, 7) is 0.620. The number of anilines is 1. The van der Waals surface area contributed by atoms with Gasteiger partial charge in [-0.3, -0.25) is 21.0 Å². The summed E-state index contributed by atoms with van der Waals surface area (Å²) in [6, 6.07) is 15.9. The summed E-state index contributed by atoms with van der Waals surface area (Å²) < 4.78 is 0. The van der Waals surface area contributed by atoms with Crippen LogP contribution >= 0.6 is 12.2 Å². The van der Waals surface area contributed by atoms with Crippen molar-refractivity contribution in [3.63, 3.8) is 0 Å². The molecule has 0 radical (unpaired) electrons. The Bertz CT molecular complexity index is 617. The molecule has 0 aliphatic carbocycles. The second-order valence-electron chi connectivity index (χ2n) is 4.22. The van der Waals surface area contributed by atoms with E-state index >= 15 is 0 Å². The van der Waals surface area contributed by atoms with E-state index in [-0.39, 0.29) is 5.69 Å². The summed E-state index contributed by atoms with van der Waals surface area (Å²) in [4.78, 5) is 10.1. The summed E-state index contributed by atoms with van der Waals surface area (Å²) >= 11 is 5.13. The molecular weight excluding hydrogens is 288 g/mol. The largest absolute Gasteiger partial charge is 0.357 e. The molecule has 108 valence electrons. The van der Waals surface area contributed by atoms with Crippen LogP contribution in [0.15, 0.2) is 54.6 Å². The van der Waals surface area contributed by atoms with Gasteiger partial charge in [-0.05, 0) is 29.9 Å². The molecule has 0 atom stereocenters. The van der Waals surface area contributed by atoms with Crippen LogP contribution in [0, 0.1) is 10.1 Å². The molecule has 2 rings (SSSR count). The molecule has 0 amide bonds. The third kappa shape index (κ3) is 4.73. The third-order valence-electron chi connectivity index (χ3n) is 2.69. The summed E-state index contributed by atoms with van der Waals surface area (Å²) in [5, 5.41) is 14.0. The van der Waals surface area contributed by atoms with Crippen LogP contribution in [-0.4, -0.2) is 10.0 Å². The first-order chi connectivity index (χ1) is 10.1. The number of nitro benzene ring substituents is 1. The molecule has 21 heavy (non-hydrogen) atoms. The molecule has 0 saturated carbocycles. The van der Waals surface area contributed by atoms with Gasteiger partial charge in [0.1, 0.15) is 0 Å². The number of non-ortho nitro benzene ring substituents is 1. The van der Waals surface area contributed by atoms with Crippen LogP contribution < -0.4 is 16.2 Å². The Kier molecular flexibility index (Phi) is 5.05. The summed E-state index contributed by atoms with van der Waals surface area (Å²) in [5.41, 5.74) is 7.54. The van der Waals surface area contributed by atoms with E-state index in [1.54, 1.807) is 12.1 Å². The Balaban J connectivity index is 1.77. The molecule has 2 aromatic carbocycles. The van der Waals surface area contributed by atoms with E-state index in [2.05, 4.69) is 16.2 Å². The van der Waals surface area contributed by atoms with E-state index in [0.717, 1.165) is 5.56 Å². The molecule has 0 fully saturated rings. The number of thiocarbonyl (C=S) groups is 1. The van der Waals surface area contributed by atoms with Crippen molar-refractivity contribution in [2.24, 2.45) is 0 Å². The molecule has 2 aromatic rings.